The molecule has 0 atom stereocenters. The highest BCUT2D eigenvalue weighted by Crippen LogP contribution is 2.25. The van der Waals surface area contributed by atoms with Gasteiger partial charge < -0.3 is 10.2 Å². The Morgan fingerprint density at radius 2 is 1.74 bits per heavy atom. The number of nitrogens with one attached hydrogen (secondary N) is 1. The van der Waals surface area contributed by atoms with Gasteiger partial charge in [-0.15, -0.1) is 4.40 Å². The summed E-state index contributed by atoms with van der Waals surface area (Å²) in [6.45, 7) is 4.04. The van der Waals surface area contributed by atoms with Gasteiger partial charge in [-0.05, 0) is 60.3 Å². The zero-order valence-electron chi connectivity index (χ0n) is 19.0. The first-order chi connectivity index (χ1) is 16.5. The van der Waals surface area contributed by atoms with Crippen LogP contribution >= 0.6 is 0 Å². The van der Waals surface area contributed by atoms with Crippen molar-refractivity contribution in [2.75, 3.05) is 25.4 Å². The number of fused-ring (bicyclic) bond motifs is 1. The van der Waals surface area contributed by atoms with E-state index in [4.69, 9.17) is 0 Å². The number of nitrogens with zero attached hydrogens (tertiary/aromatic N) is 3. The molecule has 0 aliphatic carbocycles. The number of carbonyl (C=O) groups is 1. The van der Waals surface area contributed by atoms with Crippen molar-refractivity contribution >= 4 is 21.8 Å². The molecule has 0 spiro atoms. The molecule has 8 heteroatoms. The lowest BCUT2D eigenvalue weighted by Gasteiger charge is -2.27. The molecule has 1 saturated heterocycles. The van der Waals surface area contributed by atoms with Gasteiger partial charge in [0.25, 0.3) is 15.9 Å². The van der Waals surface area contributed by atoms with Gasteiger partial charge in [0.2, 0.25) is 0 Å². The number of likely N-dealkylation sites (tertiary alicyclic amines) is 1. The average molecular weight is 477 g/mol. The third-order valence-corrected chi connectivity index (χ3v) is 7.58. The SMILES string of the molecule is O=C(NCc1ccccc1-c1ccc(CN2CCCC2)cc1)C1=CN2CCS(=O)(=O)N=C2C=C1. The van der Waals surface area contributed by atoms with Crippen LogP contribution in [0.2, 0.25) is 0 Å². The fourth-order valence-electron chi connectivity index (χ4n) is 4.56. The number of hydrogen-bond acceptors (Lipinski definition) is 5. The molecule has 3 aliphatic heterocycles. The quantitative estimate of drug-likeness (QED) is 0.693. The molecule has 1 N–H and O–H groups in total. The number of hydrogen-bond donors (Lipinski definition) is 1. The van der Waals surface area contributed by atoms with E-state index in [-0.39, 0.29) is 11.7 Å². The summed E-state index contributed by atoms with van der Waals surface area (Å²) in [6.07, 6.45) is 7.42. The summed E-state index contributed by atoms with van der Waals surface area (Å²) in [5.41, 5.74) is 5.05. The predicted molar refractivity (Wildman–Crippen MR) is 133 cm³/mol. The van der Waals surface area contributed by atoms with E-state index in [2.05, 4.69) is 44.9 Å². The monoisotopic (exact) mass is 476 g/mol. The Morgan fingerprint density at radius 1 is 0.971 bits per heavy atom. The average Bonchev–Trinajstić information content (AvgIpc) is 3.35. The van der Waals surface area contributed by atoms with Gasteiger partial charge in [-0.2, -0.15) is 0 Å². The Labute approximate surface area is 200 Å². The zero-order valence-corrected chi connectivity index (χ0v) is 19.8. The van der Waals surface area contributed by atoms with Crippen LogP contribution in [0.3, 0.4) is 0 Å². The van der Waals surface area contributed by atoms with Gasteiger partial charge in [0.15, 0.2) is 0 Å². The largest absolute Gasteiger partial charge is 0.348 e. The fourth-order valence-corrected chi connectivity index (χ4v) is 5.53. The maximum Gasteiger partial charge on any atom is 0.256 e. The van der Waals surface area contributed by atoms with Crippen LogP contribution in [-0.4, -0.2) is 55.3 Å². The van der Waals surface area contributed by atoms with E-state index in [9.17, 15) is 13.2 Å². The number of amidine groups is 1. The van der Waals surface area contributed by atoms with Crippen molar-refractivity contribution in [3.63, 3.8) is 0 Å². The number of sulfonamides is 1. The molecule has 2 aromatic rings. The van der Waals surface area contributed by atoms with Crippen molar-refractivity contribution in [1.29, 1.82) is 0 Å². The lowest BCUT2D eigenvalue weighted by molar-refractivity contribution is -0.117. The van der Waals surface area contributed by atoms with Crippen LogP contribution in [0.5, 0.6) is 0 Å². The number of amides is 1. The van der Waals surface area contributed by atoms with Crippen LogP contribution in [0.1, 0.15) is 24.0 Å². The van der Waals surface area contributed by atoms with E-state index in [0.717, 1.165) is 23.2 Å². The van der Waals surface area contributed by atoms with E-state index >= 15 is 0 Å². The summed E-state index contributed by atoms with van der Waals surface area (Å²) in [4.78, 5) is 17.0. The smallest absolute Gasteiger partial charge is 0.256 e. The lowest BCUT2D eigenvalue weighted by atomic mass is 9.98. The van der Waals surface area contributed by atoms with Crippen molar-refractivity contribution in [3.05, 3.63) is 83.6 Å². The molecule has 2 aromatic carbocycles. The molecule has 0 bridgehead atoms. The predicted octanol–water partition coefficient (Wildman–Crippen LogP) is 3.06. The van der Waals surface area contributed by atoms with Crippen LogP contribution in [-0.2, 0) is 27.9 Å². The normalized spacial score (nSPS) is 19.4. The van der Waals surface area contributed by atoms with Crippen molar-refractivity contribution in [2.45, 2.75) is 25.9 Å². The molecule has 5 rings (SSSR count). The molecule has 0 radical (unpaired) electrons. The highest BCUT2D eigenvalue weighted by atomic mass is 32.2. The molecule has 0 unspecified atom stereocenters. The van der Waals surface area contributed by atoms with Crippen LogP contribution < -0.4 is 5.32 Å². The van der Waals surface area contributed by atoms with Crippen molar-refractivity contribution in [1.82, 2.24) is 15.1 Å². The summed E-state index contributed by atoms with van der Waals surface area (Å²) in [6, 6.07) is 16.8. The topological polar surface area (TPSA) is 82.1 Å². The van der Waals surface area contributed by atoms with Gasteiger partial charge in [0.1, 0.15) is 5.84 Å². The maximum absolute atomic E-state index is 12.8. The van der Waals surface area contributed by atoms with Crippen molar-refractivity contribution in [2.24, 2.45) is 4.40 Å². The molecule has 1 amide bonds. The molecule has 3 heterocycles. The zero-order chi connectivity index (χ0) is 23.5. The van der Waals surface area contributed by atoms with E-state index in [0.29, 0.717) is 24.5 Å². The second-order valence-electron chi connectivity index (χ2n) is 8.87. The molecule has 1 fully saturated rings. The molecule has 7 nitrogen and oxygen atoms in total. The fraction of sp³-hybridized carbons (Fsp3) is 0.308. The van der Waals surface area contributed by atoms with E-state index in [1.807, 2.05) is 18.2 Å². The molecule has 0 aromatic heterocycles. The lowest BCUT2D eigenvalue weighted by Crippen LogP contribution is -2.38. The highest BCUT2D eigenvalue weighted by molar-refractivity contribution is 7.90. The molecule has 3 aliphatic rings. The van der Waals surface area contributed by atoms with Gasteiger partial charge >= 0.3 is 0 Å². The third-order valence-electron chi connectivity index (χ3n) is 6.41. The molecule has 0 saturated carbocycles. The summed E-state index contributed by atoms with van der Waals surface area (Å²) < 4.78 is 27.1. The summed E-state index contributed by atoms with van der Waals surface area (Å²) in [5, 5.41) is 3.00. The summed E-state index contributed by atoms with van der Waals surface area (Å²) in [5.74, 6) is 0.0840. The minimum absolute atomic E-state index is 0.0556. The minimum atomic E-state index is -3.41. The second kappa shape index (κ2) is 9.56. The summed E-state index contributed by atoms with van der Waals surface area (Å²) in [7, 11) is -3.41. The molecule has 176 valence electrons. The number of benzene rings is 2. The Balaban J connectivity index is 1.25. The first-order valence-electron chi connectivity index (χ1n) is 11.6. The van der Waals surface area contributed by atoms with Crippen molar-refractivity contribution in [3.8, 4) is 11.1 Å². The van der Waals surface area contributed by atoms with Gasteiger partial charge in [-0.3, -0.25) is 9.69 Å². The van der Waals surface area contributed by atoms with Crippen LogP contribution in [0.15, 0.2) is 76.9 Å². The van der Waals surface area contributed by atoms with Gasteiger partial charge in [0, 0.05) is 25.8 Å². The Morgan fingerprint density at radius 3 is 2.53 bits per heavy atom. The van der Waals surface area contributed by atoms with E-state index in [1.165, 1.54) is 31.5 Å². The Kier molecular flexibility index (Phi) is 6.34. The summed E-state index contributed by atoms with van der Waals surface area (Å²) >= 11 is 0. The van der Waals surface area contributed by atoms with Gasteiger partial charge in [0.05, 0.1) is 11.3 Å². The van der Waals surface area contributed by atoms with E-state index < -0.39 is 10.0 Å². The van der Waals surface area contributed by atoms with Crippen molar-refractivity contribution < 1.29 is 13.2 Å². The molecular weight excluding hydrogens is 448 g/mol. The molecular formula is C26H28N4O3S. The first kappa shape index (κ1) is 22.6. The molecule has 34 heavy (non-hydrogen) atoms. The number of rotatable bonds is 6. The Bertz CT molecular complexity index is 1270. The minimum Gasteiger partial charge on any atom is -0.348 e. The standard InChI is InChI=1S/C26H28N4O3S/c31-26(23-11-12-25-28-34(32,33)16-15-30(25)19-23)27-17-22-5-1-2-6-24(22)21-9-7-20(8-10-21)18-29-13-3-4-14-29/h1-2,5-12,19H,3-4,13-18H2,(H,27,31). The second-order valence-corrected chi connectivity index (χ2v) is 10.6. The third kappa shape index (κ3) is 5.13. The first-order valence-corrected chi connectivity index (χ1v) is 13.2. The Hall–Kier alpha value is -3.23. The van der Waals surface area contributed by atoms with Gasteiger partial charge in [-0.1, -0.05) is 48.5 Å². The number of carbonyl (C=O) groups excluding carboxylic acids is 1. The van der Waals surface area contributed by atoms with Crippen LogP contribution in [0.25, 0.3) is 11.1 Å². The van der Waals surface area contributed by atoms with Crippen LogP contribution in [0, 0.1) is 0 Å². The van der Waals surface area contributed by atoms with Gasteiger partial charge in [-0.25, -0.2) is 8.42 Å². The maximum atomic E-state index is 12.8. The van der Waals surface area contributed by atoms with Crippen LogP contribution in [0.4, 0.5) is 0 Å². The highest BCUT2D eigenvalue weighted by Gasteiger charge is 2.25. The van der Waals surface area contributed by atoms with E-state index in [1.54, 1.807) is 23.3 Å².